The number of methoxy groups -OCH3 is 1. The van der Waals surface area contributed by atoms with E-state index in [1.54, 1.807) is 11.6 Å². The third kappa shape index (κ3) is 3.30. The Kier molecular flexibility index (Phi) is 5.10. The van der Waals surface area contributed by atoms with Crippen molar-refractivity contribution in [2.75, 3.05) is 13.7 Å². The summed E-state index contributed by atoms with van der Waals surface area (Å²) in [4.78, 5) is 28.2. The molecule has 0 atom stereocenters. The highest BCUT2D eigenvalue weighted by Crippen LogP contribution is 2.24. The lowest BCUT2D eigenvalue weighted by Crippen LogP contribution is -2.16. The largest absolute Gasteiger partial charge is 0.486 e. The van der Waals surface area contributed by atoms with Crippen LogP contribution in [0, 0.1) is 0 Å². The Morgan fingerprint density at radius 2 is 2.29 bits per heavy atom. The number of esters is 1. The molecule has 6 nitrogen and oxygen atoms in total. The highest BCUT2D eigenvalue weighted by Gasteiger charge is 2.23. The SMILES string of the molecule is CCCCOc1c(C(=O)OC)occ(-c2nccs2)c1=O. The molecule has 0 radical (unpaired) electrons. The number of carbonyl (C=O) groups excluding carboxylic acids is 1. The summed E-state index contributed by atoms with van der Waals surface area (Å²) in [6.07, 6.45) is 4.47. The topological polar surface area (TPSA) is 78.6 Å². The normalized spacial score (nSPS) is 10.4. The van der Waals surface area contributed by atoms with E-state index in [0.717, 1.165) is 12.8 Å². The number of hydrogen-bond acceptors (Lipinski definition) is 7. The maximum absolute atomic E-state index is 12.5. The molecule has 0 saturated carbocycles. The quantitative estimate of drug-likeness (QED) is 0.603. The minimum atomic E-state index is -0.746. The standard InChI is InChI=1S/C14H15NO5S/c1-3-4-6-19-11-10(16)9(13-15-5-7-21-13)8-20-12(11)14(17)18-2/h5,7-8H,3-4,6H2,1-2H3. The number of ether oxygens (including phenoxy) is 2. The van der Waals surface area contributed by atoms with Gasteiger partial charge in [-0.15, -0.1) is 11.3 Å². The van der Waals surface area contributed by atoms with E-state index in [-0.39, 0.29) is 17.1 Å². The maximum Gasteiger partial charge on any atom is 0.378 e. The Labute approximate surface area is 125 Å². The van der Waals surface area contributed by atoms with Gasteiger partial charge in [-0.3, -0.25) is 4.79 Å². The van der Waals surface area contributed by atoms with E-state index < -0.39 is 11.4 Å². The molecule has 0 spiro atoms. The first-order valence-electron chi connectivity index (χ1n) is 6.45. The number of unbranched alkanes of at least 4 members (excludes halogenated alkanes) is 1. The molecule has 0 N–H and O–H groups in total. The lowest BCUT2D eigenvalue weighted by Gasteiger charge is -2.09. The van der Waals surface area contributed by atoms with Crippen LogP contribution >= 0.6 is 11.3 Å². The first-order valence-corrected chi connectivity index (χ1v) is 7.33. The molecule has 2 aromatic heterocycles. The zero-order valence-corrected chi connectivity index (χ0v) is 12.6. The van der Waals surface area contributed by atoms with Crippen LogP contribution < -0.4 is 10.2 Å². The molecule has 0 fully saturated rings. The van der Waals surface area contributed by atoms with Crippen molar-refractivity contribution in [2.24, 2.45) is 0 Å². The van der Waals surface area contributed by atoms with Crippen LogP contribution in [0.2, 0.25) is 0 Å². The zero-order valence-electron chi connectivity index (χ0n) is 11.8. The van der Waals surface area contributed by atoms with E-state index in [0.29, 0.717) is 11.6 Å². The van der Waals surface area contributed by atoms with Crippen LogP contribution in [0.15, 0.2) is 27.1 Å². The Bertz CT molecular complexity index is 662. The summed E-state index contributed by atoms with van der Waals surface area (Å²) in [5, 5.41) is 2.26. The molecule has 0 amide bonds. The predicted octanol–water partition coefficient (Wildman–Crippen LogP) is 2.73. The van der Waals surface area contributed by atoms with Crippen molar-refractivity contribution in [3.05, 3.63) is 33.8 Å². The van der Waals surface area contributed by atoms with Crippen LogP contribution in [0.1, 0.15) is 30.3 Å². The highest BCUT2D eigenvalue weighted by atomic mass is 32.1. The van der Waals surface area contributed by atoms with Crippen molar-refractivity contribution < 1.29 is 18.7 Å². The van der Waals surface area contributed by atoms with Crippen LogP contribution in [0.5, 0.6) is 5.75 Å². The van der Waals surface area contributed by atoms with Crippen LogP contribution in [0.25, 0.3) is 10.6 Å². The van der Waals surface area contributed by atoms with Crippen molar-refractivity contribution >= 4 is 17.3 Å². The van der Waals surface area contributed by atoms with Crippen LogP contribution in [-0.4, -0.2) is 24.7 Å². The van der Waals surface area contributed by atoms with Crippen LogP contribution in [0.4, 0.5) is 0 Å². The molecule has 2 aromatic rings. The van der Waals surface area contributed by atoms with E-state index in [4.69, 9.17) is 9.15 Å². The van der Waals surface area contributed by atoms with Gasteiger partial charge in [-0.2, -0.15) is 0 Å². The molecule has 0 aromatic carbocycles. The number of carbonyl (C=O) groups is 1. The average molecular weight is 309 g/mol. The number of nitrogens with zero attached hydrogens (tertiary/aromatic N) is 1. The molecule has 21 heavy (non-hydrogen) atoms. The fourth-order valence-electron chi connectivity index (χ4n) is 1.64. The number of rotatable bonds is 6. The summed E-state index contributed by atoms with van der Waals surface area (Å²) in [5.41, 5.74) is -0.156. The lowest BCUT2D eigenvalue weighted by atomic mass is 10.2. The molecular formula is C14H15NO5S. The molecule has 2 rings (SSSR count). The van der Waals surface area contributed by atoms with E-state index >= 15 is 0 Å². The second-order valence-electron chi connectivity index (χ2n) is 4.17. The van der Waals surface area contributed by atoms with Gasteiger partial charge in [-0.25, -0.2) is 9.78 Å². The van der Waals surface area contributed by atoms with Gasteiger partial charge < -0.3 is 13.9 Å². The molecule has 0 unspecified atom stereocenters. The molecule has 7 heteroatoms. The minimum Gasteiger partial charge on any atom is -0.486 e. The smallest absolute Gasteiger partial charge is 0.378 e. The summed E-state index contributed by atoms with van der Waals surface area (Å²) in [5.74, 6) is -1.09. The summed E-state index contributed by atoms with van der Waals surface area (Å²) in [6, 6.07) is 0. The summed E-state index contributed by atoms with van der Waals surface area (Å²) in [7, 11) is 1.22. The average Bonchev–Trinajstić information content (AvgIpc) is 3.02. The Morgan fingerprint density at radius 3 is 2.90 bits per heavy atom. The summed E-state index contributed by atoms with van der Waals surface area (Å²) >= 11 is 1.30. The first-order chi connectivity index (χ1) is 10.2. The fourth-order valence-corrected chi connectivity index (χ4v) is 2.28. The Hall–Kier alpha value is -2.15. The van der Waals surface area contributed by atoms with Gasteiger partial charge in [0, 0.05) is 11.6 Å². The van der Waals surface area contributed by atoms with E-state index in [1.165, 1.54) is 24.7 Å². The van der Waals surface area contributed by atoms with Crippen molar-refractivity contribution in [3.8, 4) is 16.3 Å². The number of aromatic nitrogens is 1. The van der Waals surface area contributed by atoms with Crippen molar-refractivity contribution in [2.45, 2.75) is 19.8 Å². The molecule has 112 valence electrons. The molecule has 0 bridgehead atoms. The molecule has 0 aliphatic heterocycles. The van der Waals surface area contributed by atoms with Gasteiger partial charge in [0.05, 0.1) is 19.3 Å². The summed E-state index contributed by atoms with van der Waals surface area (Å²) < 4.78 is 15.3. The van der Waals surface area contributed by atoms with Crippen molar-refractivity contribution in [1.82, 2.24) is 4.98 Å². The van der Waals surface area contributed by atoms with E-state index in [9.17, 15) is 9.59 Å². The Balaban J connectivity index is 2.47. The van der Waals surface area contributed by atoms with Gasteiger partial charge in [-0.05, 0) is 6.42 Å². The molecular weight excluding hydrogens is 294 g/mol. The van der Waals surface area contributed by atoms with Crippen molar-refractivity contribution in [3.63, 3.8) is 0 Å². The molecule has 0 aliphatic rings. The van der Waals surface area contributed by atoms with Gasteiger partial charge in [-0.1, -0.05) is 13.3 Å². The maximum atomic E-state index is 12.5. The Morgan fingerprint density at radius 1 is 1.48 bits per heavy atom. The van der Waals surface area contributed by atoms with Gasteiger partial charge in [0.25, 0.3) is 5.76 Å². The number of thiazole rings is 1. The first kappa shape index (κ1) is 15.2. The highest BCUT2D eigenvalue weighted by molar-refractivity contribution is 7.13. The monoisotopic (exact) mass is 309 g/mol. The van der Waals surface area contributed by atoms with E-state index in [2.05, 4.69) is 9.72 Å². The van der Waals surface area contributed by atoms with E-state index in [1.807, 2.05) is 6.92 Å². The molecule has 2 heterocycles. The van der Waals surface area contributed by atoms with Crippen LogP contribution in [0.3, 0.4) is 0 Å². The van der Waals surface area contributed by atoms with Gasteiger partial charge in [0.15, 0.2) is 0 Å². The third-order valence-corrected chi connectivity index (χ3v) is 3.54. The minimum absolute atomic E-state index is 0.122. The molecule has 0 saturated heterocycles. The third-order valence-electron chi connectivity index (χ3n) is 2.73. The fraction of sp³-hybridized carbons (Fsp3) is 0.357. The van der Waals surface area contributed by atoms with Crippen molar-refractivity contribution in [1.29, 1.82) is 0 Å². The van der Waals surface area contributed by atoms with Gasteiger partial charge in [0.2, 0.25) is 11.2 Å². The second-order valence-corrected chi connectivity index (χ2v) is 5.06. The lowest BCUT2D eigenvalue weighted by molar-refractivity contribution is 0.0554. The zero-order chi connectivity index (χ0) is 15.2. The second kappa shape index (κ2) is 7.03. The van der Waals surface area contributed by atoms with Gasteiger partial charge >= 0.3 is 5.97 Å². The van der Waals surface area contributed by atoms with Crippen LogP contribution in [-0.2, 0) is 4.74 Å². The number of hydrogen-bond donors (Lipinski definition) is 0. The van der Waals surface area contributed by atoms with Gasteiger partial charge in [0.1, 0.15) is 11.3 Å². The predicted molar refractivity (Wildman–Crippen MR) is 77.8 cm³/mol. The molecule has 0 aliphatic carbocycles. The summed E-state index contributed by atoms with van der Waals surface area (Å²) in [6.45, 7) is 2.33.